The molecule has 1 rings (SSSR count). The third-order valence-corrected chi connectivity index (χ3v) is 5.80. The first-order valence-electron chi connectivity index (χ1n) is 12.1. The fraction of sp³-hybridized carbons (Fsp3) is 0.654. The van der Waals surface area contributed by atoms with Gasteiger partial charge in [0, 0.05) is 12.0 Å². The van der Waals surface area contributed by atoms with Crippen molar-refractivity contribution >= 4 is 17.7 Å². The third kappa shape index (κ3) is 11.7. The van der Waals surface area contributed by atoms with E-state index in [0.717, 1.165) is 12.8 Å². The van der Waals surface area contributed by atoms with Crippen LogP contribution in [-0.2, 0) is 0 Å². The molecule has 0 bridgehead atoms. The number of benzene rings is 1. The highest BCUT2D eigenvalue weighted by Crippen LogP contribution is 2.18. The van der Waals surface area contributed by atoms with Crippen molar-refractivity contribution in [2.24, 2.45) is 0 Å². The van der Waals surface area contributed by atoms with Gasteiger partial charge >= 0.3 is 11.9 Å². The molecule has 5 nitrogen and oxygen atoms in total. The SMILES string of the molecule is CCCCCCCCCCCCCCCCCC(=O)c1cc(C(=O)O)ccc1C(=O)O. The highest BCUT2D eigenvalue weighted by atomic mass is 16.4. The van der Waals surface area contributed by atoms with Crippen molar-refractivity contribution in [3.05, 3.63) is 34.9 Å². The first-order valence-corrected chi connectivity index (χ1v) is 12.1. The van der Waals surface area contributed by atoms with Gasteiger partial charge in [-0.2, -0.15) is 0 Å². The van der Waals surface area contributed by atoms with E-state index in [0.29, 0.717) is 6.42 Å². The summed E-state index contributed by atoms with van der Waals surface area (Å²) in [6.45, 7) is 2.25. The molecule has 1 aromatic carbocycles. The minimum atomic E-state index is -1.21. The molecule has 0 atom stereocenters. The van der Waals surface area contributed by atoms with Gasteiger partial charge in [0.15, 0.2) is 5.78 Å². The lowest BCUT2D eigenvalue weighted by atomic mass is 9.96. The zero-order valence-corrected chi connectivity index (χ0v) is 19.2. The minimum Gasteiger partial charge on any atom is -0.478 e. The first kappa shape index (κ1) is 26.9. The van der Waals surface area contributed by atoms with Gasteiger partial charge in [-0.1, -0.05) is 96.8 Å². The molecule has 0 fully saturated rings. The number of carboxylic acids is 2. The minimum absolute atomic E-state index is 0.00207. The van der Waals surface area contributed by atoms with Crippen molar-refractivity contribution in [3.63, 3.8) is 0 Å². The summed E-state index contributed by atoms with van der Waals surface area (Å²) >= 11 is 0. The fourth-order valence-electron chi connectivity index (χ4n) is 3.89. The maximum Gasteiger partial charge on any atom is 0.336 e. The fourth-order valence-corrected chi connectivity index (χ4v) is 3.89. The molecule has 0 amide bonds. The van der Waals surface area contributed by atoms with Crippen molar-refractivity contribution < 1.29 is 24.6 Å². The summed E-state index contributed by atoms with van der Waals surface area (Å²) in [5.41, 5.74) is -0.196. The Morgan fingerprint density at radius 2 is 1.06 bits per heavy atom. The number of carbonyl (C=O) groups is 3. The lowest BCUT2D eigenvalue weighted by Gasteiger charge is -2.07. The van der Waals surface area contributed by atoms with E-state index in [-0.39, 0.29) is 28.9 Å². The van der Waals surface area contributed by atoms with Gasteiger partial charge in [0.25, 0.3) is 0 Å². The Hall–Kier alpha value is -2.17. The van der Waals surface area contributed by atoms with E-state index in [2.05, 4.69) is 6.92 Å². The van der Waals surface area contributed by atoms with Crippen LogP contribution in [0.3, 0.4) is 0 Å². The Morgan fingerprint density at radius 3 is 1.48 bits per heavy atom. The average Bonchev–Trinajstić information content (AvgIpc) is 2.75. The largest absolute Gasteiger partial charge is 0.478 e. The maximum atomic E-state index is 12.4. The molecule has 0 saturated carbocycles. The number of Topliss-reactive ketones (excluding diaryl/α,β-unsaturated/α-hetero) is 1. The van der Waals surface area contributed by atoms with Crippen molar-refractivity contribution in [1.29, 1.82) is 0 Å². The summed E-state index contributed by atoms with van der Waals surface area (Å²) in [6.07, 6.45) is 18.8. The van der Waals surface area contributed by atoms with Gasteiger partial charge in [0.2, 0.25) is 0 Å². The van der Waals surface area contributed by atoms with Crippen LogP contribution in [0.2, 0.25) is 0 Å². The summed E-state index contributed by atoms with van der Waals surface area (Å²) in [5.74, 6) is -2.68. The van der Waals surface area contributed by atoms with E-state index in [1.54, 1.807) is 0 Å². The molecule has 0 spiro atoms. The molecule has 0 aliphatic heterocycles. The Labute approximate surface area is 187 Å². The van der Waals surface area contributed by atoms with Crippen LogP contribution < -0.4 is 0 Å². The van der Waals surface area contributed by atoms with E-state index < -0.39 is 11.9 Å². The summed E-state index contributed by atoms with van der Waals surface area (Å²) in [6, 6.07) is 3.60. The summed E-state index contributed by atoms with van der Waals surface area (Å²) < 4.78 is 0. The predicted octanol–water partition coefficient (Wildman–Crippen LogP) is 7.53. The number of carboxylic acid groups (broad SMARTS) is 2. The Balaban J connectivity index is 2.12. The zero-order valence-electron chi connectivity index (χ0n) is 19.2. The van der Waals surface area contributed by atoms with Crippen LogP contribution in [0, 0.1) is 0 Å². The molecular weight excluding hydrogens is 392 g/mol. The molecular formula is C26H40O5. The van der Waals surface area contributed by atoms with Crippen molar-refractivity contribution in [1.82, 2.24) is 0 Å². The van der Waals surface area contributed by atoms with Crippen molar-refractivity contribution in [2.45, 2.75) is 110 Å². The molecule has 1 aromatic rings. The number of aromatic carboxylic acids is 2. The smallest absolute Gasteiger partial charge is 0.336 e. The summed E-state index contributed by atoms with van der Waals surface area (Å²) in [7, 11) is 0. The number of ketones is 1. The molecule has 0 aromatic heterocycles. The average molecular weight is 433 g/mol. The van der Waals surface area contributed by atoms with Crippen LogP contribution in [0.4, 0.5) is 0 Å². The van der Waals surface area contributed by atoms with Crippen LogP contribution in [0.1, 0.15) is 141 Å². The second-order valence-electron chi connectivity index (χ2n) is 8.49. The van der Waals surface area contributed by atoms with Crippen LogP contribution in [0.5, 0.6) is 0 Å². The Morgan fingerprint density at radius 1 is 0.613 bits per heavy atom. The van der Waals surface area contributed by atoms with E-state index in [1.807, 2.05) is 0 Å². The van der Waals surface area contributed by atoms with Gasteiger partial charge in [-0.05, 0) is 24.6 Å². The number of hydrogen-bond donors (Lipinski definition) is 2. The highest BCUT2D eigenvalue weighted by Gasteiger charge is 2.18. The van der Waals surface area contributed by atoms with Crippen LogP contribution in [0.15, 0.2) is 18.2 Å². The standard InChI is InChI=1S/C26H40O5/c1-2-3-4-5-6-7-8-9-10-11-12-13-14-15-16-17-24(27)23-20-21(25(28)29)18-19-22(23)26(30)31/h18-20H,2-17H2,1H3,(H,28,29)(H,30,31). The van der Waals surface area contributed by atoms with E-state index >= 15 is 0 Å². The number of hydrogen-bond acceptors (Lipinski definition) is 3. The van der Waals surface area contributed by atoms with Gasteiger partial charge in [-0.3, -0.25) is 4.79 Å². The molecule has 0 unspecified atom stereocenters. The molecule has 31 heavy (non-hydrogen) atoms. The topological polar surface area (TPSA) is 91.7 Å². The molecule has 0 heterocycles. The van der Waals surface area contributed by atoms with Gasteiger partial charge in [0.1, 0.15) is 0 Å². The van der Waals surface area contributed by atoms with E-state index in [9.17, 15) is 19.5 Å². The zero-order chi connectivity index (χ0) is 22.9. The van der Waals surface area contributed by atoms with E-state index in [4.69, 9.17) is 5.11 Å². The summed E-state index contributed by atoms with van der Waals surface area (Å²) in [5, 5.41) is 18.3. The third-order valence-electron chi connectivity index (χ3n) is 5.80. The first-order chi connectivity index (χ1) is 15.0. The second kappa shape index (κ2) is 16.5. The molecule has 5 heteroatoms. The Bertz CT molecular complexity index is 680. The predicted molar refractivity (Wildman–Crippen MR) is 124 cm³/mol. The quantitative estimate of drug-likeness (QED) is 0.174. The molecule has 2 N–H and O–H groups in total. The van der Waals surface area contributed by atoms with Gasteiger partial charge < -0.3 is 10.2 Å². The van der Waals surface area contributed by atoms with Gasteiger partial charge in [0.05, 0.1) is 11.1 Å². The molecule has 174 valence electrons. The van der Waals surface area contributed by atoms with Crippen molar-refractivity contribution in [3.8, 4) is 0 Å². The normalized spacial score (nSPS) is 10.9. The lowest BCUT2D eigenvalue weighted by molar-refractivity contribution is 0.0678. The summed E-state index contributed by atoms with van der Waals surface area (Å²) in [4.78, 5) is 34.8. The maximum absolute atomic E-state index is 12.4. The molecule has 0 saturated heterocycles. The molecule has 0 aliphatic rings. The van der Waals surface area contributed by atoms with Gasteiger partial charge in [-0.15, -0.1) is 0 Å². The van der Waals surface area contributed by atoms with Crippen molar-refractivity contribution in [2.75, 3.05) is 0 Å². The molecule has 0 aliphatic carbocycles. The Kier molecular flexibility index (Phi) is 14.3. The van der Waals surface area contributed by atoms with Crippen LogP contribution in [-0.4, -0.2) is 27.9 Å². The molecule has 0 radical (unpaired) electrons. The second-order valence-corrected chi connectivity index (χ2v) is 8.49. The number of carbonyl (C=O) groups excluding carboxylic acids is 1. The lowest BCUT2D eigenvalue weighted by Crippen LogP contribution is -2.11. The van der Waals surface area contributed by atoms with Crippen LogP contribution >= 0.6 is 0 Å². The highest BCUT2D eigenvalue weighted by molar-refractivity contribution is 6.07. The number of rotatable bonds is 19. The monoisotopic (exact) mass is 432 g/mol. The number of unbranched alkanes of at least 4 members (excludes halogenated alkanes) is 14. The van der Waals surface area contributed by atoms with Crippen LogP contribution in [0.25, 0.3) is 0 Å². The van der Waals surface area contributed by atoms with E-state index in [1.165, 1.54) is 95.2 Å². The van der Waals surface area contributed by atoms with Gasteiger partial charge in [-0.25, -0.2) is 9.59 Å².